The third-order valence-corrected chi connectivity index (χ3v) is 6.20. The summed E-state index contributed by atoms with van der Waals surface area (Å²) in [6, 6.07) is 20.4. The van der Waals surface area contributed by atoms with Gasteiger partial charge in [0.1, 0.15) is 18.3 Å². The Morgan fingerprint density at radius 2 is 1.62 bits per heavy atom. The van der Waals surface area contributed by atoms with Crippen LogP contribution in [0.25, 0.3) is 33.5 Å². The molecule has 4 unspecified atom stereocenters. The highest BCUT2D eigenvalue weighted by molar-refractivity contribution is 6.33. The first-order chi connectivity index (χ1) is 15.7. The molecule has 4 atom stereocenters. The lowest BCUT2D eigenvalue weighted by Gasteiger charge is -2.15. The number of benzene rings is 2. The molecule has 0 bridgehead atoms. The van der Waals surface area contributed by atoms with Crippen molar-refractivity contribution < 1.29 is 19.3 Å². The van der Waals surface area contributed by atoms with Crippen molar-refractivity contribution in [3.8, 4) is 28.4 Å². The molecule has 2 N–H and O–H groups in total. The van der Waals surface area contributed by atoms with E-state index < -0.39 is 6.10 Å². The van der Waals surface area contributed by atoms with Gasteiger partial charge in [0.2, 0.25) is 0 Å². The molecule has 2 fully saturated rings. The number of nitrogens with zero attached hydrogens (tertiary/aromatic N) is 2. The predicted molar refractivity (Wildman–Crippen MR) is 120 cm³/mol. The molecule has 6 rings (SSSR count). The maximum atomic E-state index is 9.90. The normalized spacial score (nSPS) is 24.7. The zero-order chi connectivity index (χ0) is 21.7. The standard InChI is InChI=1S/C24H20ClN3O4/c25-16-10-17-23(28-24(26-17)32-19-12-31-21-18(29)11-30-22(19)21)27-20(16)15-8-6-14(7-9-15)13-4-2-1-3-5-13/h1-10,18-19,21-22,29H,11-12H2,(H,26,27,28). The lowest BCUT2D eigenvalue weighted by Crippen LogP contribution is -2.34. The number of aromatic amines is 1. The minimum atomic E-state index is -0.624. The van der Waals surface area contributed by atoms with Crippen molar-refractivity contribution >= 4 is 22.8 Å². The van der Waals surface area contributed by atoms with E-state index in [1.165, 1.54) is 0 Å². The molecule has 0 spiro atoms. The summed E-state index contributed by atoms with van der Waals surface area (Å²) in [6.45, 7) is 0.579. The van der Waals surface area contributed by atoms with Crippen LogP contribution in [0.4, 0.5) is 0 Å². The summed E-state index contributed by atoms with van der Waals surface area (Å²) in [5.74, 6) is 0. The average molecular weight is 450 g/mol. The molecule has 8 heteroatoms. The fraction of sp³-hybridized carbons (Fsp3) is 0.250. The Balaban J connectivity index is 1.26. The number of fused-ring (bicyclic) bond motifs is 2. The number of H-pyrrole nitrogens is 1. The summed E-state index contributed by atoms with van der Waals surface area (Å²) in [6.07, 6.45) is -1.64. The van der Waals surface area contributed by atoms with Crippen LogP contribution in [0.15, 0.2) is 60.7 Å². The Morgan fingerprint density at radius 3 is 2.44 bits per heavy atom. The number of halogens is 1. The van der Waals surface area contributed by atoms with Crippen molar-refractivity contribution in [1.29, 1.82) is 0 Å². The number of ether oxygens (including phenoxy) is 3. The second-order valence-electron chi connectivity index (χ2n) is 7.99. The second kappa shape index (κ2) is 7.86. The van der Waals surface area contributed by atoms with Crippen LogP contribution >= 0.6 is 11.6 Å². The number of aromatic nitrogens is 3. The van der Waals surface area contributed by atoms with E-state index in [1.807, 2.05) is 30.3 Å². The van der Waals surface area contributed by atoms with E-state index in [4.69, 9.17) is 25.8 Å². The number of hydrogen-bond donors (Lipinski definition) is 2. The molecule has 2 aliphatic rings. The van der Waals surface area contributed by atoms with Crippen LogP contribution in [0.3, 0.4) is 0 Å². The number of hydrogen-bond acceptors (Lipinski definition) is 6. The first kappa shape index (κ1) is 19.7. The quantitative estimate of drug-likeness (QED) is 0.492. The monoisotopic (exact) mass is 449 g/mol. The first-order valence-electron chi connectivity index (χ1n) is 10.5. The molecule has 4 heterocycles. The highest BCUT2D eigenvalue weighted by Crippen LogP contribution is 2.33. The van der Waals surface area contributed by atoms with Crippen molar-refractivity contribution in [3.05, 3.63) is 65.7 Å². The second-order valence-corrected chi connectivity index (χ2v) is 8.40. The fourth-order valence-corrected chi connectivity index (χ4v) is 4.55. The fourth-order valence-electron chi connectivity index (χ4n) is 4.29. The summed E-state index contributed by atoms with van der Waals surface area (Å²) < 4.78 is 17.2. The number of aliphatic hydroxyl groups excluding tert-OH is 1. The molecule has 0 amide bonds. The van der Waals surface area contributed by atoms with Crippen LogP contribution in [-0.2, 0) is 9.47 Å². The number of imidazole rings is 1. The Kier molecular flexibility index (Phi) is 4.84. The van der Waals surface area contributed by atoms with Crippen LogP contribution < -0.4 is 4.74 Å². The Morgan fingerprint density at radius 1 is 0.906 bits per heavy atom. The number of rotatable bonds is 4. The molecule has 0 saturated carbocycles. The summed E-state index contributed by atoms with van der Waals surface area (Å²) in [5.41, 5.74) is 5.02. The molecule has 162 valence electrons. The highest BCUT2D eigenvalue weighted by atomic mass is 35.5. The summed E-state index contributed by atoms with van der Waals surface area (Å²) in [7, 11) is 0. The van der Waals surface area contributed by atoms with Gasteiger partial charge < -0.3 is 24.3 Å². The highest BCUT2D eigenvalue weighted by Gasteiger charge is 2.48. The summed E-state index contributed by atoms with van der Waals surface area (Å²) >= 11 is 6.54. The van der Waals surface area contributed by atoms with Gasteiger partial charge in [-0.15, -0.1) is 0 Å². The van der Waals surface area contributed by atoms with E-state index in [-0.39, 0.29) is 24.9 Å². The van der Waals surface area contributed by atoms with Gasteiger partial charge in [-0.05, 0) is 17.2 Å². The van der Waals surface area contributed by atoms with Gasteiger partial charge in [-0.1, -0.05) is 66.2 Å². The smallest absolute Gasteiger partial charge is 0.296 e. The van der Waals surface area contributed by atoms with E-state index >= 15 is 0 Å². The Bertz CT molecular complexity index is 1260. The van der Waals surface area contributed by atoms with Crippen LogP contribution in [0.5, 0.6) is 6.01 Å². The van der Waals surface area contributed by atoms with Crippen molar-refractivity contribution in [2.24, 2.45) is 0 Å². The molecule has 7 nitrogen and oxygen atoms in total. The third-order valence-electron chi connectivity index (χ3n) is 5.92. The van der Waals surface area contributed by atoms with E-state index in [0.717, 1.165) is 16.7 Å². The number of nitrogens with one attached hydrogen (secondary N) is 1. The zero-order valence-electron chi connectivity index (χ0n) is 16.9. The Labute approximate surface area is 188 Å². The molecule has 2 saturated heterocycles. The molecule has 32 heavy (non-hydrogen) atoms. The van der Waals surface area contributed by atoms with E-state index in [0.29, 0.717) is 34.5 Å². The maximum absolute atomic E-state index is 9.90. The number of aliphatic hydroxyl groups is 1. The van der Waals surface area contributed by atoms with Gasteiger partial charge in [-0.2, -0.15) is 4.98 Å². The van der Waals surface area contributed by atoms with Crippen molar-refractivity contribution in [3.63, 3.8) is 0 Å². The van der Waals surface area contributed by atoms with Gasteiger partial charge >= 0.3 is 0 Å². The molecule has 0 radical (unpaired) electrons. The molecule has 2 aromatic heterocycles. The van der Waals surface area contributed by atoms with Gasteiger partial charge in [0.25, 0.3) is 6.01 Å². The van der Waals surface area contributed by atoms with Crippen molar-refractivity contribution in [2.75, 3.05) is 13.2 Å². The molecule has 0 aliphatic carbocycles. The SMILES string of the molecule is OC1COC2C(Oc3nc4nc(-c5ccc(-c6ccccc6)cc5)c(Cl)cc4[nH]3)COC12. The molecule has 4 aromatic rings. The van der Waals surface area contributed by atoms with Crippen molar-refractivity contribution in [1.82, 2.24) is 15.0 Å². The predicted octanol–water partition coefficient (Wildman–Crippen LogP) is 3.85. The minimum Gasteiger partial charge on any atom is -0.456 e. The lowest BCUT2D eigenvalue weighted by atomic mass is 10.0. The van der Waals surface area contributed by atoms with Crippen LogP contribution in [0.2, 0.25) is 5.02 Å². The van der Waals surface area contributed by atoms with Gasteiger partial charge in [-0.25, -0.2) is 4.98 Å². The molecular weight excluding hydrogens is 430 g/mol. The minimum absolute atomic E-state index is 0.249. The maximum Gasteiger partial charge on any atom is 0.296 e. The van der Waals surface area contributed by atoms with Crippen LogP contribution in [-0.4, -0.2) is 57.7 Å². The Hall–Kier alpha value is -2.97. The largest absolute Gasteiger partial charge is 0.456 e. The summed E-state index contributed by atoms with van der Waals surface area (Å²) in [5, 5.41) is 10.4. The average Bonchev–Trinajstić information content (AvgIpc) is 3.51. The van der Waals surface area contributed by atoms with E-state index in [1.54, 1.807) is 6.07 Å². The van der Waals surface area contributed by atoms with Gasteiger partial charge in [0, 0.05) is 5.56 Å². The van der Waals surface area contributed by atoms with Crippen molar-refractivity contribution in [2.45, 2.75) is 24.4 Å². The van der Waals surface area contributed by atoms with E-state index in [9.17, 15) is 5.11 Å². The molecule has 2 aliphatic heterocycles. The molecular formula is C24H20ClN3O4. The first-order valence-corrected chi connectivity index (χ1v) is 10.8. The van der Waals surface area contributed by atoms with E-state index in [2.05, 4.69) is 39.2 Å². The third kappa shape index (κ3) is 3.43. The molecule has 2 aromatic carbocycles. The summed E-state index contributed by atoms with van der Waals surface area (Å²) in [4.78, 5) is 12.3. The topological polar surface area (TPSA) is 89.5 Å². The van der Waals surface area contributed by atoms with Crippen LogP contribution in [0.1, 0.15) is 0 Å². The van der Waals surface area contributed by atoms with Gasteiger partial charge in [0.15, 0.2) is 11.8 Å². The lowest BCUT2D eigenvalue weighted by molar-refractivity contribution is 0.00706. The number of pyridine rings is 1. The van der Waals surface area contributed by atoms with Gasteiger partial charge in [0.05, 0.1) is 29.4 Å². The van der Waals surface area contributed by atoms with Crippen LogP contribution in [0, 0.1) is 0 Å². The zero-order valence-corrected chi connectivity index (χ0v) is 17.7. The van der Waals surface area contributed by atoms with Gasteiger partial charge in [-0.3, -0.25) is 0 Å².